The molecule has 0 bridgehead atoms. The molecule has 1 saturated carbocycles. The Morgan fingerprint density at radius 3 is 2.65 bits per heavy atom. The minimum atomic E-state index is -0.151. The van der Waals surface area contributed by atoms with Crippen molar-refractivity contribution in [2.75, 3.05) is 0 Å². The van der Waals surface area contributed by atoms with Gasteiger partial charge in [-0.25, -0.2) is 0 Å². The van der Waals surface area contributed by atoms with Crippen molar-refractivity contribution < 1.29 is 9.59 Å². The van der Waals surface area contributed by atoms with E-state index < -0.39 is 0 Å². The van der Waals surface area contributed by atoms with Gasteiger partial charge in [0.15, 0.2) is 0 Å². The maximum Gasteiger partial charge on any atom is 0.253 e. The fraction of sp³-hybridized carbons (Fsp3) is 0.500. The molecule has 108 valence electrons. The maximum absolute atomic E-state index is 12.4. The largest absolute Gasteiger partial charge is 0.349 e. The normalized spacial score (nSPS) is 15.3. The molecule has 0 saturated heterocycles. The van der Waals surface area contributed by atoms with E-state index in [1.54, 1.807) is 12.1 Å². The van der Waals surface area contributed by atoms with Gasteiger partial charge in [-0.15, -0.1) is 0 Å². The molecule has 1 aromatic rings. The van der Waals surface area contributed by atoms with Gasteiger partial charge in [0.25, 0.3) is 5.91 Å². The Bertz CT molecular complexity index is 507. The highest BCUT2D eigenvalue weighted by Crippen LogP contribution is 2.23. The Morgan fingerprint density at radius 2 is 2.00 bits per heavy atom. The smallest absolute Gasteiger partial charge is 0.253 e. The molecule has 1 fully saturated rings. The summed E-state index contributed by atoms with van der Waals surface area (Å²) in [6, 6.07) is 5.54. The molecule has 0 radical (unpaired) electrons. The van der Waals surface area contributed by atoms with E-state index in [2.05, 4.69) is 5.32 Å². The van der Waals surface area contributed by atoms with Crippen molar-refractivity contribution in [1.82, 2.24) is 5.32 Å². The lowest BCUT2D eigenvalue weighted by Crippen LogP contribution is -2.33. The molecule has 1 aliphatic carbocycles. The lowest BCUT2D eigenvalue weighted by atomic mass is 10.0. The zero-order valence-electron chi connectivity index (χ0n) is 11.7. The van der Waals surface area contributed by atoms with Crippen LogP contribution in [0.5, 0.6) is 0 Å². The van der Waals surface area contributed by atoms with Crippen LogP contribution >= 0.6 is 11.6 Å². The van der Waals surface area contributed by atoms with E-state index in [0.29, 0.717) is 17.0 Å². The zero-order chi connectivity index (χ0) is 14.5. The van der Waals surface area contributed by atoms with Gasteiger partial charge in [0.05, 0.1) is 10.6 Å². The molecule has 2 rings (SSSR count). The van der Waals surface area contributed by atoms with E-state index in [1.807, 2.05) is 13.0 Å². The fourth-order valence-corrected chi connectivity index (χ4v) is 2.92. The molecule has 0 spiro atoms. The summed E-state index contributed by atoms with van der Waals surface area (Å²) in [6.07, 6.45) is 5.11. The van der Waals surface area contributed by atoms with Crippen LogP contribution in [0.2, 0.25) is 5.02 Å². The third kappa shape index (κ3) is 3.60. The minimum Gasteiger partial charge on any atom is -0.349 e. The van der Waals surface area contributed by atoms with Crippen LogP contribution < -0.4 is 5.32 Å². The fourth-order valence-electron chi connectivity index (χ4n) is 2.64. The number of nitrogens with one attached hydrogen (secondary N) is 1. The molecule has 20 heavy (non-hydrogen) atoms. The van der Waals surface area contributed by atoms with Crippen LogP contribution in [0.15, 0.2) is 18.2 Å². The Morgan fingerprint density at radius 1 is 1.30 bits per heavy atom. The SMILES string of the molecule is CCC(=O)Cc1cccc(Cl)c1C(=O)NC1CCCC1. The van der Waals surface area contributed by atoms with Crippen LogP contribution in [0.1, 0.15) is 54.9 Å². The number of rotatable bonds is 5. The first-order chi connectivity index (χ1) is 9.61. The Kier molecular flexibility index (Phi) is 5.18. The van der Waals surface area contributed by atoms with Gasteiger partial charge < -0.3 is 5.32 Å². The van der Waals surface area contributed by atoms with Crippen molar-refractivity contribution in [3.05, 3.63) is 34.3 Å². The van der Waals surface area contributed by atoms with Gasteiger partial charge in [0.1, 0.15) is 5.78 Å². The molecule has 4 heteroatoms. The molecule has 1 N–H and O–H groups in total. The standard InChI is InChI=1S/C16H20ClNO2/c1-2-13(19)10-11-6-5-9-14(17)15(11)16(20)18-12-7-3-4-8-12/h5-6,9,12H,2-4,7-8,10H2,1H3,(H,18,20). The predicted octanol–water partition coefficient (Wildman–Crippen LogP) is 3.53. The summed E-state index contributed by atoms with van der Waals surface area (Å²) >= 11 is 6.16. The second kappa shape index (κ2) is 6.89. The second-order valence-corrected chi connectivity index (χ2v) is 5.71. The van der Waals surface area contributed by atoms with E-state index in [4.69, 9.17) is 11.6 Å². The molecule has 3 nitrogen and oxygen atoms in total. The molecule has 1 aromatic carbocycles. The Balaban J connectivity index is 2.19. The van der Waals surface area contributed by atoms with Crippen molar-refractivity contribution in [2.24, 2.45) is 0 Å². The summed E-state index contributed by atoms with van der Waals surface area (Å²) in [5.41, 5.74) is 1.18. The number of hydrogen-bond acceptors (Lipinski definition) is 2. The predicted molar refractivity (Wildman–Crippen MR) is 80.2 cm³/mol. The average Bonchev–Trinajstić information content (AvgIpc) is 2.91. The zero-order valence-corrected chi connectivity index (χ0v) is 12.5. The topological polar surface area (TPSA) is 46.2 Å². The Hall–Kier alpha value is -1.35. The first-order valence-corrected chi connectivity index (χ1v) is 7.59. The Labute approximate surface area is 124 Å². The summed E-state index contributed by atoms with van der Waals surface area (Å²) in [6.45, 7) is 1.82. The van der Waals surface area contributed by atoms with Gasteiger partial charge in [-0.2, -0.15) is 0 Å². The summed E-state index contributed by atoms with van der Waals surface area (Å²) in [7, 11) is 0. The number of carbonyl (C=O) groups excluding carboxylic acids is 2. The first-order valence-electron chi connectivity index (χ1n) is 7.21. The highest BCUT2D eigenvalue weighted by molar-refractivity contribution is 6.34. The number of Topliss-reactive ketones (excluding diaryl/α,β-unsaturated/α-hetero) is 1. The van der Waals surface area contributed by atoms with E-state index >= 15 is 0 Å². The van der Waals surface area contributed by atoms with Crippen molar-refractivity contribution in [3.63, 3.8) is 0 Å². The monoisotopic (exact) mass is 293 g/mol. The summed E-state index contributed by atoms with van der Waals surface area (Å²) < 4.78 is 0. The van der Waals surface area contributed by atoms with Gasteiger partial charge >= 0.3 is 0 Å². The number of benzene rings is 1. The van der Waals surface area contributed by atoms with E-state index in [1.165, 1.54) is 0 Å². The number of ketones is 1. The third-order valence-corrected chi connectivity index (χ3v) is 4.11. The van der Waals surface area contributed by atoms with Crippen molar-refractivity contribution in [2.45, 2.75) is 51.5 Å². The van der Waals surface area contributed by atoms with E-state index in [9.17, 15) is 9.59 Å². The van der Waals surface area contributed by atoms with Gasteiger partial charge in [-0.3, -0.25) is 9.59 Å². The molecule has 1 aliphatic rings. The van der Waals surface area contributed by atoms with Gasteiger partial charge in [0, 0.05) is 18.9 Å². The molecule has 0 aliphatic heterocycles. The van der Waals surface area contributed by atoms with E-state index in [-0.39, 0.29) is 24.2 Å². The summed E-state index contributed by atoms with van der Waals surface area (Å²) in [4.78, 5) is 24.0. The summed E-state index contributed by atoms with van der Waals surface area (Å²) in [5, 5.41) is 3.45. The van der Waals surface area contributed by atoms with Crippen LogP contribution in [0, 0.1) is 0 Å². The molecule has 0 unspecified atom stereocenters. The number of amides is 1. The van der Waals surface area contributed by atoms with Crippen LogP contribution in [0.25, 0.3) is 0 Å². The quantitative estimate of drug-likeness (QED) is 0.902. The molecule has 0 aromatic heterocycles. The van der Waals surface area contributed by atoms with Crippen LogP contribution in [-0.2, 0) is 11.2 Å². The van der Waals surface area contributed by atoms with Crippen molar-refractivity contribution >= 4 is 23.3 Å². The summed E-state index contributed by atoms with van der Waals surface area (Å²) in [5.74, 6) is -0.0383. The first kappa shape index (κ1) is 15.0. The minimum absolute atomic E-state index is 0.113. The van der Waals surface area contributed by atoms with Crippen molar-refractivity contribution in [1.29, 1.82) is 0 Å². The van der Waals surface area contributed by atoms with Crippen molar-refractivity contribution in [3.8, 4) is 0 Å². The average molecular weight is 294 g/mol. The second-order valence-electron chi connectivity index (χ2n) is 5.30. The van der Waals surface area contributed by atoms with E-state index in [0.717, 1.165) is 31.2 Å². The highest BCUT2D eigenvalue weighted by Gasteiger charge is 2.22. The van der Waals surface area contributed by atoms with Crippen LogP contribution in [-0.4, -0.2) is 17.7 Å². The molecular formula is C16H20ClNO2. The van der Waals surface area contributed by atoms with Gasteiger partial charge in [0.2, 0.25) is 0 Å². The molecular weight excluding hydrogens is 274 g/mol. The highest BCUT2D eigenvalue weighted by atomic mass is 35.5. The number of hydrogen-bond donors (Lipinski definition) is 1. The van der Waals surface area contributed by atoms with Crippen LogP contribution in [0.3, 0.4) is 0 Å². The van der Waals surface area contributed by atoms with Gasteiger partial charge in [-0.1, -0.05) is 43.5 Å². The number of halogens is 1. The molecule has 1 amide bonds. The lowest BCUT2D eigenvalue weighted by molar-refractivity contribution is -0.118. The maximum atomic E-state index is 12.4. The molecule has 0 atom stereocenters. The van der Waals surface area contributed by atoms with Gasteiger partial charge in [-0.05, 0) is 24.5 Å². The third-order valence-electron chi connectivity index (χ3n) is 3.80. The van der Waals surface area contributed by atoms with Crippen LogP contribution in [0.4, 0.5) is 0 Å². The lowest BCUT2D eigenvalue weighted by Gasteiger charge is -2.15. The molecule has 0 heterocycles. The number of carbonyl (C=O) groups is 2.